The molecule has 1 aromatic rings. The van der Waals surface area contributed by atoms with Crippen LogP contribution in [0.1, 0.15) is 12.6 Å². The van der Waals surface area contributed by atoms with E-state index >= 15 is 0 Å². The summed E-state index contributed by atoms with van der Waals surface area (Å²) in [5.41, 5.74) is -0.250. The molecule has 1 aliphatic heterocycles. The Morgan fingerprint density at radius 2 is 2.22 bits per heavy atom. The molecule has 1 fully saturated rings. The first kappa shape index (κ1) is 17.8. The lowest BCUT2D eigenvalue weighted by Gasteiger charge is -2.40. The summed E-state index contributed by atoms with van der Waals surface area (Å²) < 4.78 is 30.3. The number of nitrogens with zero attached hydrogens (tertiary/aromatic N) is 3. The molecule has 2 heterocycles. The third-order valence-corrected chi connectivity index (χ3v) is 5.19. The van der Waals surface area contributed by atoms with E-state index in [0.717, 1.165) is 11.9 Å². The summed E-state index contributed by atoms with van der Waals surface area (Å²) in [7, 11) is -1.65. The van der Waals surface area contributed by atoms with E-state index in [1.807, 2.05) is 18.2 Å². The van der Waals surface area contributed by atoms with Gasteiger partial charge in [0.25, 0.3) is 5.91 Å². The second kappa shape index (κ2) is 6.94. The van der Waals surface area contributed by atoms with E-state index in [2.05, 4.69) is 4.98 Å². The molecule has 2 rings (SSSR count). The zero-order valence-corrected chi connectivity index (χ0v) is 14.5. The molecular formula is C15H23N3O4S. The molecule has 0 aromatic carbocycles. The van der Waals surface area contributed by atoms with Gasteiger partial charge >= 0.3 is 0 Å². The van der Waals surface area contributed by atoms with E-state index < -0.39 is 15.6 Å². The summed E-state index contributed by atoms with van der Waals surface area (Å²) in [6.45, 7) is 2.67. The minimum atomic E-state index is -3.34. The van der Waals surface area contributed by atoms with E-state index in [4.69, 9.17) is 4.74 Å². The predicted octanol–water partition coefficient (Wildman–Crippen LogP) is 0.133. The molecule has 1 amide bonds. The van der Waals surface area contributed by atoms with Crippen molar-refractivity contribution < 1.29 is 17.9 Å². The van der Waals surface area contributed by atoms with E-state index in [0.29, 0.717) is 13.0 Å². The molecule has 7 nitrogen and oxygen atoms in total. The molecule has 0 aliphatic carbocycles. The number of likely N-dealkylation sites (N-methyl/N-ethyl adjacent to an activating group) is 1. The summed E-state index contributed by atoms with van der Waals surface area (Å²) in [4.78, 5) is 18.5. The fourth-order valence-corrected chi connectivity index (χ4v) is 3.47. The number of aromatic nitrogens is 1. The highest BCUT2D eigenvalue weighted by atomic mass is 32.2. The van der Waals surface area contributed by atoms with Gasteiger partial charge in [0.2, 0.25) is 10.0 Å². The van der Waals surface area contributed by atoms with Crippen LogP contribution >= 0.6 is 0 Å². The lowest BCUT2D eigenvalue weighted by molar-refractivity contribution is -0.162. The average Bonchev–Trinajstić information content (AvgIpc) is 2.52. The SMILES string of the molecule is CN(CCc1ccccn1)C(=O)C1(C)CN(S(C)(=O)=O)CCO1. The number of hydrogen-bond acceptors (Lipinski definition) is 5. The number of rotatable bonds is 5. The van der Waals surface area contributed by atoms with E-state index in [1.54, 1.807) is 25.1 Å². The fraction of sp³-hybridized carbons (Fsp3) is 0.600. The molecule has 1 aliphatic rings. The van der Waals surface area contributed by atoms with Crippen LogP contribution in [0.2, 0.25) is 0 Å². The fourth-order valence-electron chi connectivity index (χ4n) is 2.58. The standard InChI is InChI=1S/C15H23N3O4S/c1-15(12-18(10-11-22-15)23(3,20)21)14(19)17(2)9-7-13-6-4-5-8-16-13/h4-6,8H,7,9-12H2,1-3H3. The third kappa shape index (κ3) is 4.49. The number of hydrogen-bond donors (Lipinski definition) is 0. The van der Waals surface area contributed by atoms with Gasteiger partial charge in [-0.05, 0) is 19.1 Å². The average molecular weight is 341 g/mol. The lowest BCUT2D eigenvalue weighted by Crippen LogP contribution is -2.59. The van der Waals surface area contributed by atoms with Crippen molar-refractivity contribution in [1.82, 2.24) is 14.2 Å². The van der Waals surface area contributed by atoms with Crippen molar-refractivity contribution in [2.24, 2.45) is 0 Å². The van der Waals surface area contributed by atoms with Crippen molar-refractivity contribution >= 4 is 15.9 Å². The minimum absolute atomic E-state index is 0.0403. The Labute approximate surface area is 137 Å². The van der Waals surface area contributed by atoms with Crippen LogP contribution in [-0.4, -0.2) is 73.7 Å². The van der Waals surface area contributed by atoms with Crippen molar-refractivity contribution in [3.63, 3.8) is 0 Å². The van der Waals surface area contributed by atoms with Crippen molar-refractivity contribution in [3.05, 3.63) is 30.1 Å². The van der Waals surface area contributed by atoms with Gasteiger partial charge in [-0.2, -0.15) is 4.31 Å². The number of morpholine rings is 1. The maximum atomic E-state index is 12.7. The molecule has 1 saturated heterocycles. The Morgan fingerprint density at radius 3 is 2.83 bits per heavy atom. The zero-order chi connectivity index (χ0) is 17.1. The van der Waals surface area contributed by atoms with Gasteiger partial charge in [-0.15, -0.1) is 0 Å². The van der Waals surface area contributed by atoms with Crippen LogP contribution in [0.3, 0.4) is 0 Å². The van der Waals surface area contributed by atoms with Crippen LogP contribution in [0.5, 0.6) is 0 Å². The summed E-state index contributed by atoms with van der Waals surface area (Å²) in [5, 5.41) is 0. The van der Waals surface area contributed by atoms with Crippen LogP contribution < -0.4 is 0 Å². The Balaban J connectivity index is 2.00. The second-order valence-corrected chi connectivity index (χ2v) is 7.96. The molecule has 0 radical (unpaired) electrons. The second-order valence-electron chi connectivity index (χ2n) is 5.97. The molecule has 0 saturated carbocycles. The monoisotopic (exact) mass is 341 g/mol. The largest absolute Gasteiger partial charge is 0.363 e. The van der Waals surface area contributed by atoms with Gasteiger partial charge in [0.1, 0.15) is 0 Å². The summed E-state index contributed by atoms with van der Waals surface area (Å²) in [6, 6.07) is 5.65. The maximum absolute atomic E-state index is 12.7. The maximum Gasteiger partial charge on any atom is 0.255 e. The Kier molecular flexibility index (Phi) is 5.38. The van der Waals surface area contributed by atoms with Crippen molar-refractivity contribution in [2.45, 2.75) is 18.9 Å². The Morgan fingerprint density at radius 1 is 1.48 bits per heavy atom. The van der Waals surface area contributed by atoms with Crippen molar-refractivity contribution in [2.75, 3.05) is 39.5 Å². The first-order valence-corrected chi connectivity index (χ1v) is 9.32. The Bertz CT molecular complexity index is 650. The van der Waals surface area contributed by atoms with Crippen molar-refractivity contribution in [3.8, 4) is 0 Å². The van der Waals surface area contributed by atoms with Crippen LogP contribution in [-0.2, 0) is 26.0 Å². The van der Waals surface area contributed by atoms with Gasteiger partial charge in [-0.3, -0.25) is 9.78 Å². The molecule has 1 atom stereocenters. The topological polar surface area (TPSA) is 79.8 Å². The highest BCUT2D eigenvalue weighted by Gasteiger charge is 2.43. The summed E-state index contributed by atoms with van der Waals surface area (Å²) in [5.74, 6) is -0.221. The molecule has 1 unspecified atom stereocenters. The lowest BCUT2D eigenvalue weighted by atomic mass is 10.0. The smallest absolute Gasteiger partial charge is 0.255 e. The quantitative estimate of drug-likeness (QED) is 0.761. The van der Waals surface area contributed by atoms with Crippen molar-refractivity contribution in [1.29, 1.82) is 0 Å². The normalized spacial score (nSPS) is 22.7. The van der Waals surface area contributed by atoms with Gasteiger partial charge in [-0.25, -0.2) is 8.42 Å². The van der Waals surface area contributed by atoms with E-state index in [1.165, 1.54) is 4.31 Å². The zero-order valence-electron chi connectivity index (χ0n) is 13.7. The number of sulfonamides is 1. The van der Waals surface area contributed by atoms with Gasteiger partial charge in [0.05, 0.1) is 19.4 Å². The van der Waals surface area contributed by atoms with Gasteiger partial charge < -0.3 is 9.64 Å². The number of carbonyl (C=O) groups excluding carboxylic acids is 1. The summed E-state index contributed by atoms with van der Waals surface area (Å²) in [6.07, 6.45) is 3.50. The summed E-state index contributed by atoms with van der Waals surface area (Å²) >= 11 is 0. The minimum Gasteiger partial charge on any atom is -0.363 e. The van der Waals surface area contributed by atoms with Gasteiger partial charge in [0.15, 0.2) is 5.60 Å². The van der Waals surface area contributed by atoms with Gasteiger partial charge in [0, 0.05) is 38.4 Å². The molecule has 23 heavy (non-hydrogen) atoms. The molecule has 128 valence electrons. The third-order valence-electron chi connectivity index (χ3n) is 3.94. The number of pyridine rings is 1. The van der Waals surface area contributed by atoms with Crippen LogP contribution in [0.25, 0.3) is 0 Å². The number of ether oxygens (including phenoxy) is 1. The van der Waals surface area contributed by atoms with Crippen LogP contribution in [0.4, 0.5) is 0 Å². The van der Waals surface area contributed by atoms with E-state index in [-0.39, 0.29) is 25.6 Å². The van der Waals surface area contributed by atoms with Crippen LogP contribution in [0, 0.1) is 0 Å². The number of amides is 1. The first-order chi connectivity index (χ1) is 10.7. The highest BCUT2D eigenvalue weighted by Crippen LogP contribution is 2.22. The van der Waals surface area contributed by atoms with Gasteiger partial charge in [-0.1, -0.05) is 6.07 Å². The first-order valence-electron chi connectivity index (χ1n) is 7.47. The molecule has 1 aromatic heterocycles. The van der Waals surface area contributed by atoms with E-state index in [9.17, 15) is 13.2 Å². The molecule has 0 N–H and O–H groups in total. The molecule has 0 bridgehead atoms. The molecule has 8 heteroatoms. The van der Waals surface area contributed by atoms with Crippen LogP contribution in [0.15, 0.2) is 24.4 Å². The highest BCUT2D eigenvalue weighted by molar-refractivity contribution is 7.88. The molecule has 0 spiro atoms. The Hall–Kier alpha value is -1.51. The predicted molar refractivity (Wildman–Crippen MR) is 86.4 cm³/mol. The number of carbonyl (C=O) groups is 1. The molecular weight excluding hydrogens is 318 g/mol.